The van der Waals surface area contributed by atoms with E-state index in [4.69, 9.17) is 4.74 Å². The minimum Gasteiger partial charge on any atom is -0.504 e. The summed E-state index contributed by atoms with van der Waals surface area (Å²) in [5, 5.41) is 14.3. The van der Waals surface area contributed by atoms with Gasteiger partial charge >= 0.3 is 6.03 Å². The van der Waals surface area contributed by atoms with Crippen LogP contribution in [-0.4, -0.2) is 24.2 Å². The molecule has 0 saturated carbocycles. The van der Waals surface area contributed by atoms with Crippen LogP contribution in [0.5, 0.6) is 11.5 Å². The molecule has 1 aliphatic heterocycles. The summed E-state index contributed by atoms with van der Waals surface area (Å²) >= 11 is 3.26. The number of urea groups is 1. The van der Waals surface area contributed by atoms with Crippen LogP contribution in [0.2, 0.25) is 0 Å². The minimum absolute atomic E-state index is 0.0652. The third kappa shape index (κ3) is 2.30. The molecule has 1 aromatic rings. The number of imide groups is 1. The fourth-order valence-electron chi connectivity index (χ4n) is 1.50. The molecule has 0 aromatic heterocycles. The van der Waals surface area contributed by atoms with Gasteiger partial charge < -0.3 is 15.2 Å². The van der Waals surface area contributed by atoms with Gasteiger partial charge in [-0.2, -0.15) is 0 Å². The number of amides is 3. The van der Waals surface area contributed by atoms with E-state index in [1.54, 1.807) is 12.1 Å². The van der Waals surface area contributed by atoms with Gasteiger partial charge in [-0.15, -0.1) is 0 Å². The molecule has 7 heteroatoms. The third-order valence-electron chi connectivity index (χ3n) is 2.31. The number of rotatable bonds is 2. The SMILES string of the molecule is COc1cc(Br)cc(/C=C2/NC(=O)NC2=O)c1O. The van der Waals surface area contributed by atoms with E-state index in [9.17, 15) is 14.7 Å². The van der Waals surface area contributed by atoms with Gasteiger partial charge in [0.1, 0.15) is 5.70 Å². The van der Waals surface area contributed by atoms with Crippen molar-refractivity contribution in [3.05, 3.63) is 27.9 Å². The fourth-order valence-corrected chi connectivity index (χ4v) is 1.95. The normalized spacial score (nSPS) is 16.7. The predicted molar refractivity (Wildman–Crippen MR) is 67.0 cm³/mol. The fraction of sp³-hybridized carbons (Fsp3) is 0.0909. The molecule has 3 N–H and O–H groups in total. The van der Waals surface area contributed by atoms with Crippen molar-refractivity contribution in [3.8, 4) is 11.5 Å². The lowest BCUT2D eigenvalue weighted by Crippen LogP contribution is -2.22. The van der Waals surface area contributed by atoms with Crippen molar-refractivity contribution in [1.29, 1.82) is 0 Å². The number of phenols is 1. The van der Waals surface area contributed by atoms with Crippen LogP contribution in [0.1, 0.15) is 5.56 Å². The summed E-state index contributed by atoms with van der Waals surface area (Å²) in [5.74, 6) is -0.388. The van der Waals surface area contributed by atoms with Crippen molar-refractivity contribution in [2.75, 3.05) is 7.11 Å². The number of hydrogen-bond donors (Lipinski definition) is 3. The summed E-state index contributed by atoms with van der Waals surface area (Å²) < 4.78 is 5.66. The van der Waals surface area contributed by atoms with Gasteiger partial charge in [0.05, 0.1) is 7.11 Å². The highest BCUT2D eigenvalue weighted by Gasteiger charge is 2.23. The molecule has 6 nitrogen and oxygen atoms in total. The predicted octanol–water partition coefficient (Wildman–Crippen LogP) is 1.34. The molecular formula is C11H9BrN2O4. The lowest BCUT2D eigenvalue weighted by atomic mass is 10.1. The van der Waals surface area contributed by atoms with Gasteiger partial charge in [0.25, 0.3) is 5.91 Å². The number of phenolic OH excluding ortho intramolecular Hbond substituents is 1. The molecule has 1 aliphatic rings. The minimum atomic E-state index is -0.590. The summed E-state index contributed by atoms with van der Waals surface area (Å²) in [6.07, 6.45) is 1.36. The highest BCUT2D eigenvalue weighted by molar-refractivity contribution is 9.10. The van der Waals surface area contributed by atoms with Crippen LogP contribution in [0.4, 0.5) is 4.79 Å². The monoisotopic (exact) mass is 312 g/mol. The van der Waals surface area contributed by atoms with Gasteiger partial charge in [0.2, 0.25) is 0 Å². The van der Waals surface area contributed by atoms with E-state index in [0.717, 1.165) is 0 Å². The van der Waals surface area contributed by atoms with E-state index in [0.29, 0.717) is 10.0 Å². The molecular weight excluding hydrogens is 304 g/mol. The van der Waals surface area contributed by atoms with Crippen LogP contribution in [0.15, 0.2) is 22.3 Å². The number of carbonyl (C=O) groups is 2. The molecule has 3 amide bonds. The highest BCUT2D eigenvalue weighted by atomic mass is 79.9. The Labute approximate surface area is 111 Å². The second-order valence-corrected chi connectivity index (χ2v) is 4.43. The standard InChI is InChI=1S/C11H9BrN2O4/c1-18-8-4-6(12)2-5(9(8)15)3-7-10(16)14-11(17)13-7/h2-4,15H,1H3,(H2,13,14,16,17)/b7-3+. The number of ether oxygens (including phenoxy) is 1. The van der Waals surface area contributed by atoms with Crippen molar-refractivity contribution in [2.45, 2.75) is 0 Å². The summed E-state index contributed by atoms with van der Waals surface area (Å²) in [6.45, 7) is 0. The molecule has 0 radical (unpaired) electrons. The molecule has 1 heterocycles. The average molecular weight is 313 g/mol. The van der Waals surface area contributed by atoms with Crippen molar-refractivity contribution in [1.82, 2.24) is 10.6 Å². The topological polar surface area (TPSA) is 87.7 Å². The quantitative estimate of drug-likeness (QED) is 0.568. The van der Waals surface area contributed by atoms with Crippen molar-refractivity contribution >= 4 is 33.9 Å². The molecule has 18 heavy (non-hydrogen) atoms. The number of methoxy groups -OCH3 is 1. The first kappa shape index (κ1) is 12.4. The number of halogens is 1. The summed E-state index contributed by atoms with van der Waals surface area (Å²) in [7, 11) is 1.42. The number of aromatic hydroxyl groups is 1. The number of benzene rings is 1. The Morgan fingerprint density at radius 1 is 1.33 bits per heavy atom. The maximum Gasteiger partial charge on any atom is 0.326 e. The average Bonchev–Trinajstić information content (AvgIpc) is 2.62. The van der Waals surface area contributed by atoms with Gasteiger partial charge in [0.15, 0.2) is 11.5 Å². The van der Waals surface area contributed by atoms with E-state index in [2.05, 4.69) is 26.6 Å². The summed E-state index contributed by atoms with van der Waals surface area (Å²) in [6, 6.07) is 2.60. The Kier molecular flexibility index (Phi) is 3.24. The highest BCUT2D eigenvalue weighted by Crippen LogP contribution is 2.34. The van der Waals surface area contributed by atoms with Crippen LogP contribution >= 0.6 is 15.9 Å². The first-order valence-corrected chi connectivity index (χ1v) is 5.71. The van der Waals surface area contributed by atoms with Gasteiger partial charge in [0, 0.05) is 10.0 Å². The lowest BCUT2D eigenvalue weighted by Gasteiger charge is -2.07. The van der Waals surface area contributed by atoms with E-state index >= 15 is 0 Å². The zero-order chi connectivity index (χ0) is 13.3. The Bertz CT molecular complexity index is 568. The van der Waals surface area contributed by atoms with Gasteiger partial charge in [-0.05, 0) is 18.2 Å². The Morgan fingerprint density at radius 3 is 2.61 bits per heavy atom. The van der Waals surface area contributed by atoms with E-state index < -0.39 is 11.9 Å². The zero-order valence-electron chi connectivity index (χ0n) is 9.28. The smallest absolute Gasteiger partial charge is 0.326 e. The molecule has 94 valence electrons. The maximum atomic E-state index is 11.4. The van der Waals surface area contributed by atoms with E-state index in [-0.39, 0.29) is 17.2 Å². The van der Waals surface area contributed by atoms with Crippen LogP contribution in [0.3, 0.4) is 0 Å². The third-order valence-corrected chi connectivity index (χ3v) is 2.77. The van der Waals surface area contributed by atoms with Crippen LogP contribution in [0, 0.1) is 0 Å². The van der Waals surface area contributed by atoms with Crippen LogP contribution in [0.25, 0.3) is 6.08 Å². The summed E-state index contributed by atoms with van der Waals surface area (Å²) in [4.78, 5) is 22.3. The van der Waals surface area contributed by atoms with Gasteiger partial charge in [-0.3, -0.25) is 10.1 Å². The molecule has 0 spiro atoms. The Hall–Kier alpha value is -2.02. The first-order valence-electron chi connectivity index (χ1n) is 4.92. The molecule has 1 aromatic carbocycles. The van der Waals surface area contributed by atoms with E-state index in [1.165, 1.54) is 13.2 Å². The largest absolute Gasteiger partial charge is 0.504 e. The molecule has 0 bridgehead atoms. The van der Waals surface area contributed by atoms with Gasteiger partial charge in [-0.25, -0.2) is 4.79 Å². The Morgan fingerprint density at radius 2 is 2.06 bits per heavy atom. The molecule has 2 rings (SSSR count). The number of hydrogen-bond acceptors (Lipinski definition) is 4. The van der Waals surface area contributed by atoms with Crippen LogP contribution in [-0.2, 0) is 4.79 Å². The summed E-state index contributed by atoms with van der Waals surface area (Å²) in [5.41, 5.74) is 0.420. The van der Waals surface area contributed by atoms with Crippen LogP contribution < -0.4 is 15.4 Å². The van der Waals surface area contributed by atoms with Crippen molar-refractivity contribution < 1.29 is 19.4 Å². The van der Waals surface area contributed by atoms with Gasteiger partial charge in [-0.1, -0.05) is 15.9 Å². The lowest BCUT2D eigenvalue weighted by molar-refractivity contribution is -0.115. The van der Waals surface area contributed by atoms with Crippen molar-refractivity contribution in [3.63, 3.8) is 0 Å². The Balaban J connectivity index is 2.46. The number of nitrogens with one attached hydrogen (secondary N) is 2. The second-order valence-electron chi connectivity index (χ2n) is 3.51. The second kappa shape index (κ2) is 4.69. The van der Waals surface area contributed by atoms with E-state index in [1.807, 2.05) is 0 Å². The number of carbonyl (C=O) groups excluding carboxylic acids is 2. The maximum absolute atomic E-state index is 11.4. The molecule has 1 saturated heterocycles. The molecule has 0 aliphatic carbocycles. The first-order chi connectivity index (χ1) is 8.51. The van der Waals surface area contributed by atoms with Crippen molar-refractivity contribution in [2.24, 2.45) is 0 Å². The molecule has 0 unspecified atom stereocenters. The molecule has 0 atom stereocenters. The zero-order valence-corrected chi connectivity index (χ0v) is 10.9. The molecule has 1 fully saturated rings.